The molecule has 0 aromatic heterocycles. The molecule has 0 spiro atoms. The zero-order valence-electron chi connectivity index (χ0n) is 11.2. The number of hydrogen-bond acceptors (Lipinski definition) is 3. The second kappa shape index (κ2) is 6.21. The van der Waals surface area contributed by atoms with Gasteiger partial charge in [0.05, 0.1) is 5.60 Å². The van der Waals surface area contributed by atoms with Crippen molar-refractivity contribution >= 4 is 5.91 Å². The Morgan fingerprint density at radius 3 is 2.19 bits per heavy atom. The highest BCUT2D eigenvalue weighted by atomic mass is 16.7. The third-order valence-electron chi connectivity index (χ3n) is 2.32. The lowest BCUT2D eigenvalue weighted by Gasteiger charge is -2.24. The average molecular weight is 230 g/mol. The normalized spacial score (nSPS) is 12.6. The maximum absolute atomic E-state index is 11.5. The van der Waals surface area contributed by atoms with E-state index in [0.29, 0.717) is 13.0 Å². The third kappa shape index (κ3) is 8.68. The molecule has 0 aromatic carbocycles. The predicted octanol–water partition coefficient (Wildman–Crippen LogP) is 1.99. The molecule has 0 unspecified atom stereocenters. The van der Waals surface area contributed by atoms with Crippen molar-refractivity contribution in [3.8, 4) is 0 Å². The molecule has 16 heavy (non-hydrogen) atoms. The number of hydroxylamine groups is 1. The minimum absolute atomic E-state index is 0.0694. The molecule has 0 atom stereocenters. The Morgan fingerprint density at radius 2 is 1.75 bits per heavy atom. The van der Waals surface area contributed by atoms with Crippen LogP contribution in [0.4, 0.5) is 0 Å². The molecule has 0 bridgehead atoms. The highest BCUT2D eigenvalue weighted by Crippen LogP contribution is 2.25. The molecule has 0 aliphatic rings. The highest BCUT2D eigenvalue weighted by Gasteiger charge is 2.19. The van der Waals surface area contributed by atoms with Crippen molar-refractivity contribution in [1.82, 2.24) is 5.48 Å². The van der Waals surface area contributed by atoms with Gasteiger partial charge in [-0.05, 0) is 45.6 Å². The first-order chi connectivity index (χ1) is 7.16. The molecule has 0 rings (SSSR count). The molecule has 0 saturated carbocycles. The summed E-state index contributed by atoms with van der Waals surface area (Å²) < 4.78 is 0. The number of carbonyl (C=O) groups is 1. The SMILES string of the molecule is CC(C)(CCN)CCC(=O)NOC(C)(C)C. The summed E-state index contributed by atoms with van der Waals surface area (Å²) in [5.41, 5.74) is 7.75. The second-order valence-corrected chi connectivity index (χ2v) is 5.94. The molecular formula is C12H26N2O2. The summed E-state index contributed by atoms with van der Waals surface area (Å²) in [6.45, 7) is 10.6. The molecule has 0 aliphatic heterocycles. The molecule has 0 heterocycles. The fourth-order valence-corrected chi connectivity index (χ4v) is 1.23. The molecular weight excluding hydrogens is 204 g/mol. The molecule has 96 valence electrons. The molecule has 4 heteroatoms. The summed E-state index contributed by atoms with van der Waals surface area (Å²) in [6, 6.07) is 0. The fourth-order valence-electron chi connectivity index (χ4n) is 1.23. The maximum Gasteiger partial charge on any atom is 0.243 e. The Balaban J connectivity index is 3.81. The van der Waals surface area contributed by atoms with Crippen LogP contribution >= 0.6 is 0 Å². The highest BCUT2D eigenvalue weighted by molar-refractivity contribution is 5.74. The van der Waals surface area contributed by atoms with Gasteiger partial charge in [-0.15, -0.1) is 0 Å². The Labute approximate surface area is 98.9 Å². The van der Waals surface area contributed by atoms with Crippen molar-refractivity contribution < 1.29 is 9.63 Å². The molecule has 0 radical (unpaired) electrons. The van der Waals surface area contributed by atoms with Crippen molar-refractivity contribution in [2.45, 2.75) is 59.5 Å². The largest absolute Gasteiger partial charge is 0.330 e. The predicted molar refractivity (Wildman–Crippen MR) is 65.7 cm³/mol. The summed E-state index contributed by atoms with van der Waals surface area (Å²) >= 11 is 0. The van der Waals surface area contributed by atoms with E-state index in [1.54, 1.807) is 0 Å². The van der Waals surface area contributed by atoms with E-state index in [0.717, 1.165) is 12.8 Å². The van der Waals surface area contributed by atoms with E-state index in [9.17, 15) is 4.79 Å². The molecule has 4 nitrogen and oxygen atoms in total. The first-order valence-corrected chi connectivity index (χ1v) is 5.83. The van der Waals surface area contributed by atoms with Crippen LogP contribution in [0.2, 0.25) is 0 Å². The van der Waals surface area contributed by atoms with Crippen LogP contribution in [-0.2, 0) is 9.63 Å². The number of nitrogens with one attached hydrogen (secondary N) is 1. The third-order valence-corrected chi connectivity index (χ3v) is 2.32. The molecule has 0 saturated heterocycles. The van der Waals surface area contributed by atoms with E-state index < -0.39 is 0 Å². The minimum atomic E-state index is -0.345. The number of nitrogens with two attached hydrogens (primary N) is 1. The number of amides is 1. The van der Waals surface area contributed by atoms with Crippen LogP contribution < -0.4 is 11.2 Å². The summed E-state index contributed by atoms with van der Waals surface area (Å²) in [5, 5.41) is 0. The number of rotatable bonds is 6. The van der Waals surface area contributed by atoms with Gasteiger partial charge in [-0.3, -0.25) is 9.63 Å². The van der Waals surface area contributed by atoms with Crippen LogP contribution in [0.1, 0.15) is 53.9 Å². The van der Waals surface area contributed by atoms with Crippen LogP contribution in [0.15, 0.2) is 0 Å². The van der Waals surface area contributed by atoms with Gasteiger partial charge < -0.3 is 5.73 Å². The van der Waals surface area contributed by atoms with Crippen LogP contribution in [-0.4, -0.2) is 18.1 Å². The zero-order chi connectivity index (χ0) is 12.8. The molecule has 0 fully saturated rings. The Morgan fingerprint density at radius 1 is 1.19 bits per heavy atom. The van der Waals surface area contributed by atoms with Crippen LogP contribution in [0.3, 0.4) is 0 Å². The Bertz CT molecular complexity index is 220. The van der Waals surface area contributed by atoms with Crippen molar-refractivity contribution in [3.63, 3.8) is 0 Å². The van der Waals surface area contributed by atoms with E-state index in [1.165, 1.54) is 0 Å². The van der Waals surface area contributed by atoms with Gasteiger partial charge >= 0.3 is 0 Å². The van der Waals surface area contributed by atoms with Crippen molar-refractivity contribution in [1.29, 1.82) is 0 Å². The topological polar surface area (TPSA) is 64.4 Å². The van der Waals surface area contributed by atoms with Crippen molar-refractivity contribution in [2.24, 2.45) is 11.1 Å². The van der Waals surface area contributed by atoms with E-state index >= 15 is 0 Å². The average Bonchev–Trinajstić information content (AvgIpc) is 2.10. The van der Waals surface area contributed by atoms with E-state index in [-0.39, 0.29) is 16.9 Å². The monoisotopic (exact) mass is 230 g/mol. The van der Waals surface area contributed by atoms with Crippen LogP contribution in [0, 0.1) is 5.41 Å². The standard InChI is InChI=1S/C12H26N2O2/c1-11(2,3)16-14-10(15)6-7-12(4,5)8-9-13/h6-9,13H2,1-5H3,(H,14,15). The van der Waals surface area contributed by atoms with E-state index in [4.69, 9.17) is 10.6 Å². The van der Waals surface area contributed by atoms with Crippen molar-refractivity contribution in [3.05, 3.63) is 0 Å². The van der Waals surface area contributed by atoms with Gasteiger partial charge in [-0.2, -0.15) is 0 Å². The second-order valence-electron chi connectivity index (χ2n) is 5.94. The zero-order valence-corrected chi connectivity index (χ0v) is 11.2. The van der Waals surface area contributed by atoms with E-state index in [1.807, 2.05) is 20.8 Å². The van der Waals surface area contributed by atoms with Gasteiger partial charge in [-0.1, -0.05) is 13.8 Å². The van der Waals surface area contributed by atoms with Gasteiger partial charge in [0.15, 0.2) is 0 Å². The summed E-state index contributed by atoms with van der Waals surface area (Å²) in [7, 11) is 0. The maximum atomic E-state index is 11.5. The Hall–Kier alpha value is -0.610. The van der Waals surface area contributed by atoms with Crippen LogP contribution in [0.5, 0.6) is 0 Å². The number of hydrogen-bond donors (Lipinski definition) is 2. The van der Waals surface area contributed by atoms with E-state index in [2.05, 4.69) is 19.3 Å². The minimum Gasteiger partial charge on any atom is -0.330 e. The smallest absolute Gasteiger partial charge is 0.243 e. The van der Waals surface area contributed by atoms with Gasteiger partial charge in [-0.25, -0.2) is 5.48 Å². The van der Waals surface area contributed by atoms with Gasteiger partial charge in [0.2, 0.25) is 5.91 Å². The molecule has 3 N–H and O–H groups in total. The van der Waals surface area contributed by atoms with Crippen molar-refractivity contribution in [2.75, 3.05) is 6.54 Å². The lowest BCUT2D eigenvalue weighted by Crippen LogP contribution is -2.34. The first-order valence-electron chi connectivity index (χ1n) is 5.83. The number of carbonyl (C=O) groups excluding carboxylic acids is 1. The molecule has 0 aromatic rings. The Kier molecular flexibility index (Phi) is 5.97. The van der Waals surface area contributed by atoms with Gasteiger partial charge in [0.25, 0.3) is 0 Å². The fraction of sp³-hybridized carbons (Fsp3) is 0.917. The summed E-state index contributed by atoms with van der Waals surface area (Å²) in [4.78, 5) is 16.7. The summed E-state index contributed by atoms with van der Waals surface area (Å²) in [6.07, 6.45) is 2.23. The molecule has 0 aliphatic carbocycles. The summed E-state index contributed by atoms with van der Waals surface area (Å²) in [5.74, 6) is -0.0694. The molecule has 1 amide bonds. The lowest BCUT2D eigenvalue weighted by molar-refractivity contribution is -0.146. The quantitative estimate of drug-likeness (QED) is 0.686. The van der Waals surface area contributed by atoms with Gasteiger partial charge in [0, 0.05) is 6.42 Å². The lowest BCUT2D eigenvalue weighted by atomic mass is 9.84. The first kappa shape index (κ1) is 15.4. The van der Waals surface area contributed by atoms with Crippen LogP contribution in [0.25, 0.3) is 0 Å². The van der Waals surface area contributed by atoms with Gasteiger partial charge in [0.1, 0.15) is 0 Å².